The van der Waals surface area contributed by atoms with Crippen LogP contribution in [-0.2, 0) is 11.3 Å². The van der Waals surface area contributed by atoms with Crippen LogP contribution in [0.3, 0.4) is 0 Å². The van der Waals surface area contributed by atoms with E-state index in [0.29, 0.717) is 25.4 Å². The second kappa shape index (κ2) is 7.55. The summed E-state index contributed by atoms with van der Waals surface area (Å²) < 4.78 is 7.15. The molecule has 1 atom stereocenters. The highest BCUT2D eigenvalue weighted by Crippen LogP contribution is 2.27. The molecule has 3 rings (SSSR count). The summed E-state index contributed by atoms with van der Waals surface area (Å²) in [6, 6.07) is 0. The Kier molecular flexibility index (Phi) is 5.22. The molecule has 0 bridgehead atoms. The van der Waals surface area contributed by atoms with Crippen LogP contribution in [0.25, 0.3) is 0 Å². The first kappa shape index (κ1) is 16.6. The molecule has 1 aliphatic rings. The van der Waals surface area contributed by atoms with Crippen LogP contribution in [0.1, 0.15) is 63.1 Å². The maximum absolute atomic E-state index is 12.4. The largest absolute Gasteiger partial charge is 0.342 e. The van der Waals surface area contributed by atoms with Crippen molar-refractivity contribution in [3.8, 4) is 0 Å². The molecular formula is C16H24N6O2. The first-order valence-electron chi connectivity index (χ1n) is 8.57. The second-order valence-electron chi connectivity index (χ2n) is 6.59. The lowest BCUT2D eigenvalue weighted by Crippen LogP contribution is -2.39. The average molecular weight is 332 g/mol. The van der Waals surface area contributed by atoms with Crippen molar-refractivity contribution in [1.29, 1.82) is 0 Å². The summed E-state index contributed by atoms with van der Waals surface area (Å²) in [7, 11) is 0. The van der Waals surface area contributed by atoms with Crippen molar-refractivity contribution in [2.75, 3.05) is 13.1 Å². The van der Waals surface area contributed by atoms with Gasteiger partial charge in [-0.15, -0.1) is 0 Å². The van der Waals surface area contributed by atoms with Crippen molar-refractivity contribution in [1.82, 2.24) is 29.8 Å². The van der Waals surface area contributed by atoms with Crippen molar-refractivity contribution in [2.24, 2.45) is 0 Å². The summed E-state index contributed by atoms with van der Waals surface area (Å²) in [5, 5.41) is 8.08. The van der Waals surface area contributed by atoms with Gasteiger partial charge in [0, 0.05) is 32.0 Å². The molecule has 8 nitrogen and oxygen atoms in total. The summed E-state index contributed by atoms with van der Waals surface area (Å²) in [5.41, 5.74) is 0. The molecule has 8 heteroatoms. The van der Waals surface area contributed by atoms with E-state index in [9.17, 15) is 4.79 Å². The Labute approximate surface area is 141 Å². The quantitative estimate of drug-likeness (QED) is 0.803. The normalized spacial score (nSPS) is 18.3. The lowest BCUT2D eigenvalue weighted by atomic mass is 9.97. The van der Waals surface area contributed by atoms with Gasteiger partial charge < -0.3 is 9.42 Å². The number of amides is 1. The van der Waals surface area contributed by atoms with Crippen molar-refractivity contribution < 1.29 is 9.32 Å². The van der Waals surface area contributed by atoms with Crippen LogP contribution in [-0.4, -0.2) is 48.8 Å². The number of carbonyl (C=O) groups excluding carboxylic acids is 1. The maximum Gasteiger partial charge on any atom is 0.231 e. The van der Waals surface area contributed by atoms with Gasteiger partial charge in [-0.3, -0.25) is 9.48 Å². The molecule has 130 valence electrons. The molecule has 0 aromatic carbocycles. The molecule has 3 heterocycles. The molecule has 24 heavy (non-hydrogen) atoms. The first-order chi connectivity index (χ1) is 11.6. The molecule has 0 N–H and O–H groups in total. The monoisotopic (exact) mass is 332 g/mol. The molecule has 0 aliphatic carbocycles. The van der Waals surface area contributed by atoms with Crippen molar-refractivity contribution in [3.05, 3.63) is 24.4 Å². The number of hydrogen-bond acceptors (Lipinski definition) is 6. The predicted octanol–water partition coefficient (Wildman–Crippen LogP) is 1.97. The summed E-state index contributed by atoms with van der Waals surface area (Å²) >= 11 is 0. The van der Waals surface area contributed by atoms with Crippen LogP contribution in [0.5, 0.6) is 0 Å². The van der Waals surface area contributed by atoms with Crippen molar-refractivity contribution in [3.63, 3.8) is 0 Å². The standard InChI is InChI=1S/C16H24N6O2/c1-12(2)15-19-16(24-20-15)13-5-3-7-21(9-13)14(23)6-4-8-22-11-17-10-18-22/h10-13H,3-9H2,1-2H3/t13-/m0/s1. The summed E-state index contributed by atoms with van der Waals surface area (Å²) in [6.07, 6.45) is 6.42. The Balaban J connectivity index is 1.51. The van der Waals surface area contributed by atoms with E-state index in [0.717, 1.165) is 31.6 Å². The lowest BCUT2D eigenvalue weighted by Gasteiger charge is -2.31. The smallest absolute Gasteiger partial charge is 0.231 e. The zero-order valence-corrected chi connectivity index (χ0v) is 14.3. The Hall–Kier alpha value is -2.25. The Morgan fingerprint density at radius 3 is 3.04 bits per heavy atom. The fraction of sp³-hybridized carbons (Fsp3) is 0.688. The molecule has 1 amide bonds. The van der Waals surface area contributed by atoms with Gasteiger partial charge in [0.15, 0.2) is 5.82 Å². The van der Waals surface area contributed by atoms with Crippen LogP contribution in [0.4, 0.5) is 0 Å². The van der Waals surface area contributed by atoms with Gasteiger partial charge in [0.05, 0.1) is 5.92 Å². The number of hydrogen-bond donors (Lipinski definition) is 0. The van der Waals surface area contributed by atoms with Crippen LogP contribution in [0.2, 0.25) is 0 Å². The molecule has 2 aromatic heterocycles. The van der Waals surface area contributed by atoms with Gasteiger partial charge in [0.1, 0.15) is 12.7 Å². The predicted molar refractivity (Wildman–Crippen MR) is 86.2 cm³/mol. The minimum Gasteiger partial charge on any atom is -0.342 e. The van der Waals surface area contributed by atoms with E-state index < -0.39 is 0 Å². The van der Waals surface area contributed by atoms with Crippen molar-refractivity contribution in [2.45, 2.75) is 57.9 Å². The third-order valence-electron chi connectivity index (χ3n) is 4.34. The van der Waals surface area contributed by atoms with Gasteiger partial charge in [-0.1, -0.05) is 19.0 Å². The van der Waals surface area contributed by atoms with E-state index in [2.05, 4.69) is 20.2 Å². The average Bonchev–Trinajstić information content (AvgIpc) is 3.26. The third kappa shape index (κ3) is 3.98. The van der Waals surface area contributed by atoms with E-state index in [4.69, 9.17) is 4.52 Å². The van der Waals surface area contributed by atoms with Gasteiger partial charge in [-0.25, -0.2) is 4.98 Å². The van der Waals surface area contributed by atoms with E-state index in [1.165, 1.54) is 6.33 Å². The van der Waals surface area contributed by atoms with Gasteiger partial charge >= 0.3 is 0 Å². The summed E-state index contributed by atoms with van der Waals surface area (Å²) in [5.74, 6) is 1.99. The SMILES string of the molecule is CC(C)c1noc([C@H]2CCCN(C(=O)CCCn3cncn3)C2)n1. The highest BCUT2D eigenvalue weighted by atomic mass is 16.5. The van der Waals surface area contributed by atoms with Crippen LogP contribution >= 0.6 is 0 Å². The highest BCUT2D eigenvalue weighted by molar-refractivity contribution is 5.76. The van der Waals surface area contributed by atoms with E-state index in [1.807, 2.05) is 18.7 Å². The second-order valence-corrected chi connectivity index (χ2v) is 6.59. The van der Waals surface area contributed by atoms with Gasteiger partial charge in [-0.05, 0) is 19.3 Å². The Morgan fingerprint density at radius 1 is 1.46 bits per heavy atom. The number of aryl methyl sites for hydroxylation is 1. The Morgan fingerprint density at radius 2 is 2.33 bits per heavy atom. The first-order valence-corrected chi connectivity index (χ1v) is 8.57. The minimum absolute atomic E-state index is 0.151. The number of rotatable bonds is 6. The molecule has 2 aromatic rings. The van der Waals surface area contributed by atoms with E-state index in [1.54, 1.807) is 11.0 Å². The van der Waals surface area contributed by atoms with E-state index in [-0.39, 0.29) is 17.7 Å². The van der Waals surface area contributed by atoms with E-state index >= 15 is 0 Å². The highest BCUT2D eigenvalue weighted by Gasteiger charge is 2.28. The molecule has 0 saturated carbocycles. The third-order valence-corrected chi connectivity index (χ3v) is 4.34. The van der Waals surface area contributed by atoms with Crippen LogP contribution in [0.15, 0.2) is 17.2 Å². The molecule has 0 radical (unpaired) electrons. The number of aromatic nitrogens is 5. The zero-order chi connectivity index (χ0) is 16.9. The van der Waals surface area contributed by atoms with Crippen LogP contribution < -0.4 is 0 Å². The van der Waals surface area contributed by atoms with Crippen molar-refractivity contribution >= 4 is 5.91 Å². The van der Waals surface area contributed by atoms with Gasteiger partial charge in [0.2, 0.25) is 11.8 Å². The molecule has 0 spiro atoms. The number of piperidine rings is 1. The van der Waals surface area contributed by atoms with Gasteiger partial charge in [0.25, 0.3) is 0 Å². The van der Waals surface area contributed by atoms with Crippen LogP contribution in [0, 0.1) is 0 Å². The molecule has 1 fully saturated rings. The topological polar surface area (TPSA) is 89.9 Å². The number of nitrogens with zero attached hydrogens (tertiary/aromatic N) is 6. The molecule has 0 unspecified atom stereocenters. The fourth-order valence-corrected chi connectivity index (χ4v) is 2.95. The molecule has 1 saturated heterocycles. The number of carbonyl (C=O) groups is 1. The fourth-order valence-electron chi connectivity index (χ4n) is 2.95. The Bertz CT molecular complexity index is 651. The molecule has 1 aliphatic heterocycles. The number of likely N-dealkylation sites (tertiary alicyclic amines) is 1. The minimum atomic E-state index is 0.151. The maximum atomic E-state index is 12.4. The summed E-state index contributed by atoms with van der Waals surface area (Å²) in [6.45, 7) is 6.27. The zero-order valence-electron chi connectivity index (χ0n) is 14.3. The lowest BCUT2D eigenvalue weighted by molar-refractivity contribution is -0.132. The molecular weight excluding hydrogens is 308 g/mol. The summed E-state index contributed by atoms with van der Waals surface area (Å²) in [4.78, 5) is 22.7. The van der Waals surface area contributed by atoms with Gasteiger partial charge in [-0.2, -0.15) is 10.1 Å².